The summed E-state index contributed by atoms with van der Waals surface area (Å²) in [5, 5.41) is 5.93. The first-order valence-corrected chi connectivity index (χ1v) is 11.3. The van der Waals surface area contributed by atoms with Gasteiger partial charge < -0.3 is 10.2 Å². The SMILES string of the molecule is CC(C)(C)c1ccc(C(=O)NC(=S)Nc2ccc(C(=O)N3CCCCCC3)cc2)cc1. The number of amides is 2. The van der Waals surface area contributed by atoms with Crippen LogP contribution in [0.5, 0.6) is 0 Å². The summed E-state index contributed by atoms with van der Waals surface area (Å²) in [4.78, 5) is 27.1. The van der Waals surface area contributed by atoms with Crippen molar-refractivity contribution in [2.75, 3.05) is 18.4 Å². The van der Waals surface area contributed by atoms with Crippen molar-refractivity contribution in [2.45, 2.75) is 51.9 Å². The Balaban J connectivity index is 1.55. The first-order valence-electron chi connectivity index (χ1n) is 10.9. The molecule has 1 fully saturated rings. The molecule has 0 aromatic heterocycles. The smallest absolute Gasteiger partial charge is 0.257 e. The van der Waals surface area contributed by atoms with Gasteiger partial charge in [-0.2, -0.15) is 0 Å². The standard InChI is InChI=1S/C25H31N3O2S/c1-25(2,3)20-12-8-18(9-13-20)22(29)27-24(31)26-21-14-10-19(11-15-21)23(30)28-16-6-4-5-7-17-28/h8-15H,4-7,16-17H2,1-3H3,(H2,26,27,29,31). The summed E-state index contributed by atoms with van der Waals surface area (Å²) in [5.41, 5.74) is 3.14. The maximum Gasteiger partial charge on any atom is 0.257 e. The summed E-state index contributed by atoms with van der Waals surface area (Å²) in [7, 11) is 0. The van der Waals surface area contributed by atoms with Gasteiger partial charge in [-0.1, -0.05) is 45.7 Å². The minimum atomic E-state index is -0.258. The van der Waals surface area contributed by atoms with Gasteiger partial charge in [0.1, 0.15) is 0 Å². The summed E-state index contributed by atoms with van der Waals surface area (Å²) in [6.07, 6.45) is 4.52. The molecule has 2 amide bonds. The topological polar surface area (TPSA) is 61.4 Å². The third-order valence-electron chi connectivity index (χ3n) is 5.52. The molecule has 2 N–H and O–H groups in total. The lowest BCUT2D eigenvalue weighted by Crippen LogP contribution is -2.34. The first-order chi connectivity index (χ1) is 14.7. The van der Waals surface area contributed by atoms with Crippen LogP contribution in [0.25, 0.3) is 0 Å². The molecule has 1 aliphatic rings. The van der Waals surface area contributed by atoms with E-state index in [1.165, 1.54) is 18.4 Å². The molecule has 0 radical (unpaired) electrons. The Bertz CT molecular complexity index is 923. The number of thiocarbonyl (C=S) groups is 1. The third-order valence-corrected chi connectivity index (χ3v) is 5.73. The van der Waals surface area contributed by atoms with Crippen molar-refractivity contribution in [3.05, 3.63) is 65.2 Å². The zero-order valence-corrected chi connectivity index (χ0v) is 19.3. The van der Waals surface area contributed by atoms with E-state index in [0.717, 1.165) is 31.6 Å². The number of likely N-dealkylation sites (tertiary alicyclic amines) is 1. The molecule has 31 heavy (non-hydrogen) atoms. The Morgan fingerprint density at radius 3 is 1.94 bits per heavy atom. The number of carbonyl (C=O) groups excluding carboxylic acids is 2. The van der Waals surface area contributed by atoms with Crippen LogP contribution < -0.4 is 10.6 Å². The second-order valence-corrected chi connectivity index (χ2v) is 9.43. The van der Waals surface area contributed by atoms with Crippen LogP contribution in [0.4, 0.5) is 5.69 Å². The average molecular weight is 438 g/mol. The van der Waals surface area contributed by atoms with Crippen molar-refractivity contribution in [3.8, 4) is 0 Å². The van der Waals surface area contributed by atoms with E-state index in [-0.39, 0.29) is 22.3 Å². The van der Waals surface area contributed by atoms with Gasteiger partial charge in [0.25, 0.3) is 11.8 Å². The van der Waals surface area contributed by atoms with E-state index >= 15 is 0 Å². The third kappa shape index (κ3) is 6.37. The number of anilines is 1. The van der Waals surface area contributed by atoms with Crippen molar-refractivity contribution in [1.82, 2.24) is 10.2 Å². The lowest BCUT2D eigenvalue weighted by Gasteiger charge is -2.20. The number of nitrogens with one attached hydrogen (secondary N) is 2. The van der Waals surface area contributed by atoms with E-state index in [9.17, 15) is 9.59 Å². The molecular weight excluding hydrogens is 406 g/mol. The predicted molar refractivity (Wildman–Crippen MR) is 130 cm³/mol. The van der Waals surface area contributed by atoms with Crippen molar-refractivity contribution >= 4 is 34.8 Å². The normalized spacial score (nSPS) is 14.5. The van der Waals surface area contributed by atoms with E-state index in [1.807, 2.05) is 41.3 Å². The van der Waals surface area contributed by atoms with Gasteiger partial charge in [-0.15, -0.1) is 0 Å². The molecule has 3 rings (SSSR count). The van der Waals surface area contributed by atoms with Crippen LogP contribution in [-0.2, 0) is 5.41 Å². The Kier molecular flexibility index (Phi) is 7.44. The molecule has 0 saturated carbocycles. The summed E-state index contributed by atoms with van der Waals surface area (Å²) in [6.45, 7) is 8.05. The molecule has 2 aromatic rings. The molecule has 5 nitrogen and oxygen atoms in total. The molecule has 1 aliphatic heterocycles. The highest BCUT2D eigenvalue weighted by atomic mass is 32.1. The highest BCUT2D eigenvalue weighted by Gasteiger charge is 2.17. The Morgan fingerprint density at radius 1 is 0.839 bits per heavy atom. The number of hydrogen-bond acceptors (Lipinski definition) is 3. The van der Waals surface area contributed by atoms with Crippen molar-refractivity contribution < 1.29 is 9.59 Å². The zero-order valence-electron chi connectivity index (χ0n) is 18.5. The van der Waals surface area contributed by atoms with Gasteiger partial charge >= 0.3 is 0 Å². The molecule has 164 valence electrons. The lowest BCUT2D eigenvalue weighted by molar-refractivity contribution is 0.0761. The van der Waals surface area contributed by atoms with E-state index in [1.54, 1.807) is 12.1 Å². The fourth-order valence-electron chi connectivity index (χ4n) is 3.61. The van der Waals surface area contributed by atoms with Crippen LogP contribution in [0.3, 0.4) is 0 Å². The summed E-state index contributed by atoms with van der Waals surface area (Å²) in [6, 6.07) is 14.8. The molecule has 6 heteroatoms. The van der Waals surface area contributed by atoms with Gasteiger partial charge in [0, 0.05) is 29.9 Å². The van der Waals surface area contributed by atoms with E-state index < -0.39 is 0 Å². The second-order valence-electron chi connectivity index (χ2n) is 9.02. The lowest BCUT2D eigenvalue weighted by atomic mass is 9.87. The fraction of sp³-hybridized carbons (Fsp3) is 0.400. The number of carbonyl (C=O) groups is 2. The van der Waals surface area contributed by atoms with Crippen molar-refractivity contribution in [3.63, 3.8) is 0 Å². The highest BCUT2D eigenvalue weighted by Crippen LogP contribution is 2.22. The number of hydrogen-bond donors (Lipinski definition) is 2. The van der Waals surface area contributed by atoms with Gasteiger partial charge in [-0.25, -0.2) is 0 Å². The second kappa shape index (κ2) is 10.1. The molecule has 0 unspecified atom stereocenters. The first kappa shape index (κ1) is 22.9. The van der Waals surface area contributed by atoms with Gasteiger partial charge in [0.05, 0.1) is 0 Å². The Hall–Kier alpha value is -2.73. The van der Waals surface area contributed by atoms with E-state index in [4.69, 9.17) is 12.2 Å². The number of rotatable bonds is 3. The van der Waals surface area contributed by atoms with Gasteiger partial charge in [0.2, 0.25) is 0 Å². The molecule has 0 bridgehead atoms. The largest absolute Gasteiger partial charge is 0.339 e. The predicted octanol–water partition coefficient (Wildman–Crippen LogP) is 5.13. The van der Waals surface area contributed by atoms with Crippen LogP contribution in [0.1, 0.15) is 72.7 Å². The average Bonchev–Trinajstić information content (AvgIpc) is 3.03. The van der Waals surface area contributed by atoms with Crippen molar-refractivity contribution in [1.29, 1.82) is 0 Å². The summed E-state index contributed by atoms with van der Waals surface area (Å²) < 4.78 is 0. The minimum absolute atomic E-state index is 0.0344. The quantitative estimate of drug-likeness (QED) is 0.654. The van der Waals surface area contributed by atoms with Gasteiger partial charge in [0.15, 0.2) is 5.11 Å². The minimum Gasteiger partial charge on any atom is -0.339 e. The molecule has 0 spiro atoms. The van der Waals surface area contributed by atoms with Crippen LogP contribution >= 0.6 is 12.2 Å². The van der Waals surface area contributed by atoms with Crippen molar-refractivity contribution in [2.24, 2.45) is 0 Å². The number of nitrogens with zero attached hydrogens (tertiary/aromatic N) is 1. The van der Waals surface area contributed by atoms with Crippen LogP contribution in [0.15, 0.2) is 48.5 Å². The Morgan fingerprint density at radius 2 is 1.39 bits per heavy atom. The molecule has 1 saturated heterocycles. The Labute approximate surface area is 190 Å². The van der Waals surface area contributed by atoms with Gasteiger partial charge in [-0.05, 0) is 72.4 Å². The van der Waals surface area contributed by atoms with Crippen LogP contribution in [0.2, 0.25) is 0 Å². The van der Waals surface area contributed by atoms with Crippen LogP contribution in [-0.4, -0.2) is 34.9 Å². The summed E-state index contributed by atoms with van der Waals surface area (Å²) >= 11 is 5.28. The van der Waals surface area contributed by atoms with Gasteiger partial charge in [-0.3, -0.25) is 14.9 Å². The van der Waals surface area contributed by atoms with Crippen LogP contribution in [0, 0.1) is 0 Å². The highest BCUT2D eigenvalue weighted by molar-refractivity contribution is 7.80. The summed E-state index contributed by atoms with van der Waals surface area (Å²) in [5.74, 6) is -0.186. The maximum absolute atomic E-state index is 12.7. The number of benzene rings is 2. The van der Waals surface area contributed by atoms with E-state index in [2.05, 4.69) is 31.4 Å². The maximum atomic E-state index is 12.7. The molecular formula is C25H31N3O2S. The molecule has 0 atom stereocenters. The monoisotopic (exact) mass is 437 g/mol. The zero-order chi connectivity index (χ0) is 22.4. The molecule has 2 aromatic carbocycles. The van der Waals surface area contributed by atoms with E-state index in [0.29, 0.717) is 11.1 Å². The fourth-order valence-corrected chi connectivity index (χ4v) is 3.82. The molecule has 1 heterocycles. The molecule has 0 aliphatic carbocycles.